The summed E-state index contributed by atoms with van der Waals surface area (Å²) in [6.07, 6.45) is 5.59. The number of nitrogens with zero attached hydrogens (tertiary/aromatic N) is 2. The summed E-state index contributed by atoms with van der Waals surface area (Å²) in [6, 6.07) is 13.1. The Hall–Kier alpha value is -3.07. The normalized spacial score (nSPS) is 16.3. The van der Waals surface area contributed by atoms with Crippen LogP contribution in [0.3, 0.4) is 0 Å². The highest BCUT2D eigenvalue weighted by Gasteiger charge is 2.33. The van der Waals surface area contributed by atoms with Gasteiger partial charge in [-0.1, -0.05) is 59.9 Å². The molecule has 0 spiro atoms. The van der Waals surface area contributed by atoms with E-state index in [0.29, 0.717) is 27.2 Å². The molecule has 0 N–H and O–H groups in total. The van der Waals surface area contributed by atoms with E-state index in [-0.39, 0.29) is 12.2 Å². The van der Waals surface area contributed by atoms with Crippen LogP contribution in [-0.4, -0.2) is 30.9 Å². The van der Waals surface area contributed by atoms with Crippen LogP contribution >= 0.6 is 22.7 Å². The average Bonchev–Trinajstić information content (AvgIpc) is 3.42. The maximum absolute atomic E-state index is 13.4. The molecule has 1 atom stereocenters. The minimum Gasteiger partial charge on any atom is -0.460 e. The molecule has 3 heterocycles. The Morgan fingerprint density at radius 2 is 2.00 bits per heavy atom. The van der Waals surface area contributed by atoms with Gasteiger partial charge in [-0.25, -0.2) is 9.79 Å². The standard InChI is InChI=1S/C24H22N2O4S2/c1-16-20(23(28)30-14-13-29-2)21(18-12-7-15-31-18)26-22(27)19(32-24(26)25-16)11-6-10-17-8-4-3-5-9-17/h3-12,15,21H,13-14H2,1-2H3/b10-6+,19-11+/t21-/m1/s1. The molecule has 3 aromatic rings. The molecule has 8 heteroatoms. The second kappa shape index (κ2) is 10.0. The number of ether oxygens (including phenoxy) is 2. The van der Waals surface area contributed by atoms with Crippen molar-refractivity contribution < 1.29 is 14.3 Å². The van der Waals surface area contributed by atoms with Crippen molar-refractivity contribution in [2.45, 2.75) is 13.0 Å². The third kappa shape index (κ3) is 4.57. The van der Waals surface area contributed by atoms with E-state index in [4.69, 9.17) is 9.47 Å². The van der Waals surface area contributed by atoms with Crippen LogP contribution in [0.1, 0.15) is 23.4 Å². The molecule has 0 unspecified atom stereocenters. The van der Waals surface area contributed by atoms with Crippen molar-refractivity contribution in [3.05, 3.63) is 95.3 Å². The first-order valence-corrected chi connectivity index (χ1v) is 11.7. The lowest BCUT2D eigenvalue weighted by Crippen LogP contribution is -2.39. The molecule has 0 saturated heterocycles. The van der Waals surface area contributed by atoms with Gasteiger partial charge in [0.25, 0.3) is 5.56 Å². The van der Waals surface area contributed by atoms with Crippen molar-refractivity contribution in [3.63, 3.8) is 0 Å². The first-order chi connectivity index (χ1) is 15.6. The van der Waals surface area contributed by atoms with Crippen LogP contribution in [0.15, 0.2) is 75.0 Å². The minimum atomic E-state index is -0.568. The summed E-state index contributed by atoms with van der Waals surface area (Å²) in [4.78, 5) is 32.3. The van der Waals surface area contributed by atoms with Crippen LogP contribution in [0, 0.1) is 0 Å². The smallest absolute Gasteiger partial charge is 0.338 e. The summed E-state index contributed by atoms with van der Waals surface area (Å²) < 4.78 is 12.5. The number of fused-ring (bicyclic) bond motifs is 1. The van der Waals surface area contributed by atoms with Gasteiger partial charge in [-0.15, -0.1) is 11.3 Å². The molecule has 1 aliphatic heterocycles. The molecular formula is C24H22N2O4S2. The van der Waals surface area contributed by atoms with E-state index in [1.165, 1.54) is 22.7 Å². The minimum absolute atomic E-state index is 0.137. The Labute approximate surface area is 193 Å². The van der Waals surface area contributed by atoms with E-state index in [0.717, 1.165) is 10.4 Å². The van der Waals surface area contributed by atoms with E-state index < -0.39 is 12.0 Å². The molecule has 4 rings (SSSR count). The van der Waals surface area contributed by atoms with Crippen LogP contribution in [0.2, 0.25) is 0 Å². The molecule has 0 amide bonds. The number of benzene rings is 1. The topological polar surface area (TPSA) is 69.9 Å². The van der Waals surface area contributed by atoms with E-state index >= 15 is 0 Å². The van der Waals surface area contributed by atoms with Gasteiger partial charge in [0.1, 0.15) is 12.6 Å². The van der Waals surface area contributed by atoms with Crippen LogP contribution in [0.25, 0.3) is 12.2 Å². The Bertz CT molecular complexity index is 1330. The Kier molecular flexibility index (Phi) is 6.94. The Morgan fingerprint density at radius 1 is 1.19 bits per heavy atom. The van der Waals surface area contributed by atoms with Crippen LogP contribution < -0.4 is 14.9 Å². The lowest BCUT2D eigenvalue weighted by atomic mass is 10.0. The van der Waals surface area contributed by atoms with Gasteiger partial charge in [-0.05, 0) is 30.0 Å². The van der Waals surface area contributed by atoms with Crippen LogP contribution in [0.5, 0.6) is 0 Å². The van der Waals surface area contributed by atoms with Gasteiger partial charge in [0, 0.05) is 12.0 Å². The number of carbonyl (C=O) groups excluding carboxylic acids is 1. The number of aromatic nitrogens is 1. The molecule has 0 saturated carbocycles. The maximum Gasteiger partial charge on any atom is 0.338 e. The van der Waals surface area contributed by atoms with Gasteiger partial charge in [-0.2, -0.15) is 0 Å². The first kappa shape index (κ1) is 22.1. The lowest BCUT2D eigenvalue weighted by molar-refractivity contribution is -0.140. The van der Waals surface area contributed by atoms with Gasteiger partial charge in [0.2, 0.25) is 0 Å². The number of carbonyl (C=O) groups is 1. The largest absolute Gasteiger partial charge is 0.460 e. The molecule has 0 radical (unpaired) electrons. The molecule has 0 fully saturated rings. The average molecular weight is 467 g/mol. The molecule has 1 aromatic carbocycles. The third-order valence-corrected chi connectivity index (χ3v) is 6.84. The fourth-order valence-electron chi connectivity index (χ4n) is 3.42. The number of hydrogen-bond acceptors (Lipinski definition) is 7. The van der Waals surface area contributed by atoms with Crippen molar-refractivity contribution >= 4 is 40.8 Å². The summed E-state index contributed by atoms with van der Waals surface area (Å²) in [6.45, 7) is 2.22. The van der Waals surface area contributed by atoms with Crippen molar-refractivity contribution in [2.24, 2.45) is 4.99 Å². The lowest BCUT2D eigenvalue weighted by Gasteiger charge is -2.23. The number of esters is 1. The summed E-state index contributed by atoms with van der Waals surface area (Å²) in [7, 11) is 1.55. The zero-order valence-corrected chi connectivity index (χ0v) is 19.3. The second-order valence-electron chi connectivity index (χ2n) is 7.02. The molecule has 0 bridgehead atoms. The quantitative estimate of drug-likeness (QED) is 0.396. The number of hydrogen-bond donors (Lipinski definition) is 0. The van der Waals surface area contributed by atoms with E-state index in [9.17, 15) is 9.59 Å². The van der Waals surface area contributed by atoms with Gasteiger partial charge >= 0.3 is 5.97 Å². The molecule has 6 nitrogen and oxygen atoms in total. The maximum atomic E-state index is 13.4. The zero-order valence-electron chi connectivity index (χ0n) is 17.7. The van der Waals surface area contributed by atoms with Crippen LogP contribution in [0.4, 0.5) is 0 Å². The molecule has 164 valence electrons. The Balaban J connectivity index is 1.77. The fourth-order valence-corrected chi connectivity index (χ4v) is 5.24. The van der Waals surface area contributed by atoms with Crippen molar-refractivity contribution in [1.29, 1.82) is 0 Å². The number of thiazole rings is 1. The van der Waals surface area contributed by atoms with E-state index in [1.54, 1.807) is 24.7 Å². The summed E-state index contributed by atoms with van der Waals surface area (Å²) in [5.74, 6) is -0.486. The highest BCUT2D eigenvalue weighted by atomic mass is 32.1. The third-order valence-electron chi connectivity index (χ3n) is 4.91. The number of allylic oxidation sites excluding steroid dienone is 2. The van der Waals surface area contributed by atoms with Crippen LogP contribution in [-0.2, 0) is 14.3 Å². The first-order valence-electron chi connectivity index (χ1n) is 10.0. The molecule has 0 aliphatic carbocycles. The van der Waals surface area contributed by atoms with Crippen molar-refractivity contribution in [3.8, 4) is 0 Å². The Morgan fingerprint density at radius 3 is 2.72 bits per heavy atom. The fraction of sp³-hybridized carbons (Fsp3) is 0.208. The SMILES string of the molecule is COCCOC(=O)C1=C(C)N=c2s/c(=C/C=C/c3ccccc3)c(=O)n2[C@@H]1c1cccs1. The van der Waals surface area contributed by atoms with Gasteiger partial charge < -0.3 is 9.47 Å². The molecule has 2 aromatic heterocycles. The highest BCUT2D eigenvalue weighted by molar-refractivity contribution is 7.10. The number of thiophene rings is 1. The van der Waals surface area contributed by atoms with Gasteiger partial charge in [-0.3, -0.25) is 9.36 Å². The second-order valence-corrected chi connectivity index (χ2v) is 9.01. The summed E-state index contributed by atoms with van der Waals surface area (Å²) >= 11 is 2.80. The zero-order chi connectivity index (χ0) is 22.5. The monoisotopic (exact) mass is 466 g/mol. The summed E-state index contributed by atoms with van der Waals surface area (Å²) in [5.41, 5.74) is 1.80. The predicted octanol–water partition coefficient (Wildman–Crippen LogP) is 3.15. The predicted molar refractivity (Wildman–Crippen MR) is 127 cm³/mol. The highest BCUT2D eigenvalue weighted by Crippen LogP contribution is 2.33. The molecule has 32 heavy (non-hydrogen) atoms. The van der Waals surface area contributed by atoms with E-state index in [1.807, 2.05) is 60.0 Å². The van der Waals surface area contributed by atoms with Crippen molar-refractivity contribution in [2.75, 3.05) is 20.3 Å². The molecule has 1 aliphatic rings. The number of rotatable bonds is 7. The number of methoxy groups -OCH3 is 1. The molecular weight excluding hydrogens is 444 g/mol. The van der Waals surface area contributed by atoms with Gasteiger partial charge in [0.05, 0.1) is 22.4 Å². The van der Waals surface area contributed by atoms with Crippen molar-refractivity contribution in [1.82, 2.24) is 4.57 Å². The van der Waals surface area contributed by atoms with Gasteiger partial charge in [0.15, 0.2) is 4.80 Å². The van der Waals surface area contributed by atoms with E-state index in [2.05, 4.69) is 4.99 Å². The summed E-state index contributed by atoms with van der Waals surface area (Å²) in [5, 5.41) is 1.93.